The van der Waals surface area contributed by atoms with Crippen molar-refractivity contribution in [3.63, 3.8) is 0 Å². The molecule has 0 amide bonds. The Balaban J connectivity index is 2.09. The molecule has 8 nitrogen and oxygen atoms in total. The van der Waals surface area contributed by atoms with Gasteiger partial charge in [-0.05, 0) is 18.2 Å². The van der Waals surface area contributed by atoms with Crippen molar-refractivity contribution in [3.8, 4) is 0 Å². The number of para-hydroxylation sites is 1. The summed E-state index contributed by atoms with van der Waals surface area (Å²) in [5.41, 5.74) is 0.860. The van der Waals surface area contributed by atoms with Gasteiger partial charge in [-0.25, -0.2) is 24.6 Å². The highest BCUT2D eigenvalue weighted by molar-refractivity contribution is 7.84. The van der Waals surface area contributed by atoms with Crippen molar-refractivity contribution in [2.75, 3.05) is 11.3 Å². The van der Waals surface area contributed by atoms with Crippen LogP contribution in [0.4, 0.5) is 11.5 Å². The highest BCUT2D eigenvalue weighted by Gasteiger charge is 2.21. The number of nitrogens with zero attached hydrogens (tertiary/aromatic N) is 5. The number of rotatable bonds is 4. The number of imidazole rings is 1. The van der Waals surface area contributed by atoms with E-state index in [2.05, 4.69) is 19.9 Å². The fraction of sp³-hybridized carbons (Fsp3) is 0.0588. The molecule has 1 N–H and O–H groups in total. The highest BCUT2D eigenvalue weighted by atomic mass is 32.2. The third-order valence-electron chi connectivity index (χ3n) is 3.76. The van der Waals surface area contributed by atoms with E-state index < -0.39 is 10.8 Å². The van der Waals surface area contributed by atoms with Crippen LogP contribution in [0.5, 0.6) is 0 Å². The maximum absolute atomic E-state index is 12.5. The van der Waals surface area contributed by atoms with E-state index in [9.17, 15) is 9.00 Å². The zero-order valence-corrected chi connectivity index (χ0v) is 14.6. The van der Waals surface area contributed by atoms with Crippen LogP contribution in [0.15, 0.2) is 71.3 Å². The van der Waals surface area contributed by atoms with Gasteiger partial charge in [0, 0.05) is 24.8 Å². The van der Waals surface area contributed by atoms with E-state index in [0.717, 1.165) is 5.69 Å². The summed E-state index contributed by atoms with van der Waals surface area (Å²) in [7, 11) is -1.41. The maximum Gasteiger partial charge on any atom is 0.261 e. The third kappa shape index (κ3) is 2.78. The fourth-order valence-electron chi connectivity index (χ4n) is 2.64. The molecule has 0 saturated carbocycles. The summed E-state index contributed by atoms with van der Waals surface area (Å²) in [4.78, 5) is 28.0. The van der Waals surface area contributed by atoms with Gasteiger partial charge in [-0.3, -0.25) is 9.00 Å². The number of H-pyrrole nitrogens is 1. The molecule has 0 saturated heterocycles. The van der Waals surface area contributed by atoms with Gasteiger partial charge in [-0.2, -0.15) is 0 Å². The molecule has 3 heterocycles. The fourth-order valence-corrected chi connectivity index (χ4v) is 3.08. The number of pyridine rings is 1. The first-order valence-corrected chi connectivity index (χ1v) is 9.27. The SMILES string of the molecule is CS(=O)c1nc(N(c2ccccc2)n2ccnc2)c2c(=O)[nH]ccc2n1. The second-order valence-corrected chi connectivity index (χ2v) is 6.71. The van der Waals surface area contributed by atoms with Crippen LogP contribution in [0, 0.1) is 0 Å². The smallest absolute Gasteiger partial charge is 0.261 e. The van der Waals surface area contributed by atoms with Crippen LogP contribution < -0.4 is 10.6 Å². The molecule has 0 fully saturated rings. The van der Waals surface area contributed by atoms with Gasteiger partial charge in [-0.15, -0.1) is 0 Å². The van der Waals surface area contributed by atoms with Gasteiger partial charge >= 0.3 is 0 Å². The van der Waals surface area contributed by atoms with Crippen LogP contribution >= 0.6 is 0 Å². The summed E-state index contributed by atoms with van der Waals surface area (Å²) in [5.74, 6) is 0.325. The molecule has 0 radical (unpaired) electrons. The van der Waals surface area contributed by atoms with Crippen LogP contribution in [0.3, 0.4) is 0 Å². The average molecular weight is 366 g/mol. The van der Waals surface area contributed by atoms with Crippen molar-refractivity contribution in [1.29, 1.82) is 0 Å². The standard InChI is InChI=1S/C17H14N6O2S/c1-26(25)17-20-13-7-8-19-16(24)14(13)15(21-17)23(22-10-9-18-11-22)12-5-3-2-4-6-12/h2-11H,1H3,(H,19,24). The predicted molar refractivity (Wildman–Crippen MR) is 98.7 cm³/mol. The van der Waals surface area contributed by atoms with Crippen LogP contribution in [-0.4, -0.2) is 35.1 Å². The number of nitrogens with one attached hydrogen (secondary N) is 1. The Bertz CT molecular complexity index is 1140. The minimum Gasteiger partial charge on any atom is -0.328 e. The first-order chi connectivity index (χ1) is 12.6. The zero-order chi connectivity index (χ0) is 18.1. The molecule has 4 rings (SSSR count). The number of hydrogen-bond acceptors (Lipinski definition) is 6. The van der Waals surface area contributed by atoms with E-state index >= 15 is 0 Å². The molecular formula is C17H14N6O2S. The largest absolute Gasteiger partial charge is 0.328 e. The van der Waals surface area contributed by atoms with Crippen molar-refractivity contribution in [2.24, 2.45) is 0 Å². The minimum atomic E-state index is -1.41. The van der Waals surface area contributed by atoms with E-state index in [1.54, 1.807) is 34.5 Å². The third-order valence-corrected chi connectivity index (χ3v) is 4.46. The van der Waals surface area contributed by atoms with Crippen molar-refractivity contribution in [3.05, 3.63) is 71.7 Å². The number of aromatic amines is 1. The Hall–Kier alpha value is -3.33. The summed E-state index contributed by atoms with van der Waals surface area (Å²) in [5, 5.41) is 2.18. The van der Waals surface area contributed by atoms with Gasteiger partial charge in [0.25, 0.3) is 5.56 Å². The van der Waals surface area contributed by atoms with Gasteiger partial charge < -0.3 is 4.98 Å². The van der Waals surface area contributed by atoms with Gasteiger partial charge in [0.2, 0.25) is 5.16 Å². The lowest BCUT2D eigenvalue weighted by atomic mass is 10.2. The Labute approximate surface area is 150 Å². The molecule has 130 valence electrons. The van der Waals surface area contributed by atoms with Crippen molar-refractivity contribution in [1.82, 2.24) is 24.6 Å². The number of aromatic nitrogens is 5. The van der Waals surface area contributed by atoms with Crippen LogP contribution in [0.25, 0.3) is 10.9 Å². The number of fused-ring (bicyclic) bond motifs is 1. The monoisotopic (exact) mass is 366 g/mol. The summed E-state index contributed by atoms with van der Waals surface area (Å²) >= 11 is 0. The van der Waals surface area contributed by atoms with Crippen molar-refractivity contribution >= 4 is 33.2 Å². The molecule has 1 aromatic carbocycles. The summed E-state index contributed by atoms with van der Waals surface area (Å²) < 4.78 is 13.7. The van der Waals surface area contributed by atoms with E-state index in [1.165, 1.54) is 12.5 Å². The molecule has 1 unspecified atom stereocenters. The molecule has 0 aliphatic carbocycles. The molecule has 0 aliphatic rings. The quantitative estimate of drug-likeness (QED) is 0.554. The number of benzene rings is 1. The van der Waals surface area contributed by atoms with Crippen LogP contribution in [-0.2, 0) is 10.8 Å². The highest BCUT2D eigenvalue weighted by Crippen LogP contribution is 2.29. The predicted octanol–water partition coefficient (Wildman–Crippen LogP) is 1.85. The van der Waals surface area contributed by atoms with E-state index in [1.807, 2.05) is 30.3 Å². The summed E-state index contributed by atoms with van der Waals surface area (Å²) in [6.07, 6.45) is 7.97. The van der Waals surface area contributed by atoms with Gasteiger partial charge in [0.05, 0.1) is 22.0 Å². The van der Waals surface area contributed by atoms with Gasteiger partial charge in [-0.1, -0.05) is 18.2 Å². The Morgan fingerprint density at radius 2 is 1.96 bits per heavy atom. The molecule has 3 aromatic heterocycles. The van der Waals surface area contributed by atoms with E-state index in [0.29, 0.717) is 16.7 Å². The molecule has 0 bridgehead atoms. The molecule has 0 spiro atoms. The van der Waals surface area contributed by atoms with Crippen LogP contribution in [0.2, 0.25) is 0 Å². The van der Waals surface area contributed by atoms with Crippen molar-refractivity contribution in [2.45, 2.75) is 5.16 Å². The first-order valence-electron chi connectivity index (χ1n) is 7.71. The lowest BCUT2D eigenvalue weighted by Crippen LogP contribution is -2.26. The normalized spacial score (nSPS) is 12.2. The average Bonchev–Trinajstić information content (AvgIpc) is 3.17. The summed E-state index contributed by atoms with van der Waals surface area (Å²) in [6.45, 7) is 0. The second-order valence-electron chi connectivity index (χ2n) is 5.44. The first kappa shape index (κ1) is 16.2. The Morgan fingerprint density at radius 1 is 1.15 bits per heavy atom. The molecular weight excluding hydrogens is 352 g/mol. The minimum absolute atomic E-state index is 0.152. The Kier molecular flexibility index (Phi) is 4.05. The number of anilines is 2. The van der Waals surface area contributed by atoms with Crippen molar-refractivity contribution < 1.29 is 4.21 Å². The molecule has 0 aliphatic heterocycles. The zero-order valence-electron chi connectivity index (χ0n) is 13.7. The molecule has 9 heteroatoms. The second kappa shape index (κ2) is 6.52. The topological polar surface area (TPSA) is 96.8 Å². The summed E-state index contributed by atoms with van der Waals surface area (Å²) in [6, 6.07) is 11.1. The molecule has 4 aromatic rings. The van der Waals surface area contributed by atoms with E-state index in [-0.39, 0.29) is 10.7 Å². The van der Waals surface area contributed by atoms with E-state index in [4.69, 9.17) is 0 Å². The Morgan fingerprint density at radius 3 is 2.65 bits per heavy atom. The lowest BCUT2D eigenvalue weighted by molar-refractivity contribution is 0.679. The van der Waals surface area contributed by atoms with Gasteiger partial charge in [0.1, 0.15) is 11.7 Å². The maximum atomic E-state index is 12.5. The van der Waals surface area contributed by atoms with Gasteiger partial charge in [0.15, 0.2) is 5.82 Å². The van der Waals surface area contributed by atoms with Crippen LogP contribution in [0.1, 0.15) is 0 Å². The lowest BCUT2D eigenvalue weighted by Gasteiger charge is -2.25. The molecule has 1 atom stereocenters. The number of hydrogen-bond donors (Lipinski definition) is 1. The molecule has 26 heavy (non-hydrogen) atoms.